The molecule has 4 rings (SSSR count). The van der Waals surface area contributed by atoms with Crippen molar-refractivity contribution in [3.63, 3.8) is 0 Å². The minimum absolute atomic E-state index is 0.0678. The maximum absolute atomic E-state index is 13.8. The monoisotopic (exact) mass is 565 g/mol. The first-order chi connectivity index (χ1) is 18.7. The summed E-state index contributed by atoms with van der Waals surface area (Å²) in [5.74, 6) is -0.660. The fourth-order valence-corrected chi connectivity index (χ4v) is 7.21. The largest absolute Gasteiger partial charge is 0.384 e. The van der Waals surface area contributed by atoms with Crippen molar-refractivity contribution >= 4 is 33.2 Å². The first-order valence-electron chi connectivity index (χ1n) is 13.5. The highest BCUT2D eigenvalue weighted by Gasteiger charge is 2.32. The summed E-state index contributed by atoms with van der Waals surface area (Å²) in [7, 11) is -3.81. The molecule has 0 spiro atoms. The van der Waals surface area contributed by atoms with E-state index in [9.17, 15) is 13.2 Å². The molecule has 0 saturated carbocycles. The van der Waals surface area contributed by atoms with Crippen LogP contribution >= 0.6 is 11.6 Å². The molecule has 39 heavy (non-hydrogen) atoms. The number of amides is 1. The Morgan fingerprint density at radius 3 is 2.46 bits per heavy atom. The molecule has 3 aromatic rings. The van der Waals surface area contributed by atoms with Crippen LogP contribution in [0.3, 0.4) is 0 Å². The lowest BCUT2D eigenvalue weighted by atomic mass is 9.91. The van der Waals surface area contributed by atoms with Crippen molar-refractivity contribution in [3.05, 3.63) is 88.9 Å². The van der Waals surface area contributed by atoms with Crippen LogP contribution in [0.15, 0.2) is 77.7 Å². The number of nitrogens with one attached hydrogen (secondary N) is 1. The molecule has 3 aromatic carbocycles. The van der Waals surface area contributed by atoms with Gasteiger partial charge in [-0.3, -0.25) is 10.2 Å². The molecule has 0 aromatic heterocycles. The van der Waals surface area contributed by atoms with Gasteiger partial charge in [-0.25, -0.2) is 8.42 Å². The molecule has 0 radical (unpaired) electrons. The normalized spacial score (nSPS) is 15.2. The lowest BCUT2D eigenvalue weighted by Crippen LogP contribution is -2.44. The minimum atomic E-state index is -3.81. The fourth-order valence-electron chi connectivity index (χ4n) is 5.39. The quantitative estimate of drug-likeness (QED) is 0.234. The van der Waals surface area contributed by atoms with Crippen LogP contribution in [0.5, 0.6) is 0 Å². The highest BCUT2D eigenvalue weighted by atomic mass is 35.5. The second kappa shape index (κ2) is 12.8. The lowest BCUT2D eigenvalue weighted by Gasteiger charge is -2.34. The summed E-state index contributed by atoms with van der Waals surface area (Å²) in [6.45, 7) is 3.47. The first-order valence-corrected chi connectivity index (χ1v) is 15.5. The second-order valence-electron chi connectivity index (χ2n) is 10.4. The van der Waals surface area contributed by atoms with E-state index in [-0.39, 0.29) is 28.8 Å². The molecule has 1 heterocycles. The third-order valence-corrected chi connectivity index (χ3v) is 9.63. The Kier molecular flexibility index (Phi) is 9.46. The van der Waals surface area contributed by atoms with E-state index in [0.717, 1.165) is 36.8 Å². The molecule has 1 aliphatic heterocycles. The Balaban J connectivity index is 1.62. The Hall–Kier alpha value is -3.16. The van der Waals surface area contributed by atoms with Gasteiger partial charge in [0.15, 0.2) is 9.84 Å². The van der Waals surface area contributed by atoms with Crippen LogP contribution in [0.4, 0.5) is 0 Å². The predicted molar refractivity (Wildman–Crippen MR) is 158 cm³/mol. The number of likely N-dealkylation sites (tertiary alicyclic amines) is 1. The van der Waals surface area contributed by atoms with Crippen molar-refractivity contribution in [2.24, 2.45) is 17.6 Å². The van der Waals surface area contributed by atoms with Gasteiger partial charge in [-0.2, -0.15) is 0 Å². The van der Waals surface area contributed by atoms with Crippen LogP contribution in [0, 0.1) is 17.2 Å². The van der Waals surface area contributed by atoms with Crippen molar-refractivity contribution in [1.29, 1.82) is 5.41 Å². The average molecular weight is 566 g/mol. The van der Waals surface area contributed by atoms with Gasteiger partial charge >= 0.3 is 0 Å². The highest BCUT2D eigenvalue weighted by Crippen LogP contribution is 2.30. The van der Waals surface area contributed by atoms with Crippen molar-refractivity contribution in [1.82, 2.24) is 4.90 Å². The van der Waals surface area contributed by atoms with Gasteiger partial charge in [-0.05, 0) is 60.6 Å². The number of nitrogens with two attached hydrogens (primary N) is 1. The van der Waals surface area contributed by atoms with Gasteiger partial charge in [0.1, 0.15) is 5.84 Å². The number of hydrogen-bond donors (Lipinski definition) is 2. The summed E-state index contributed by atoms with van der Waals surface area (Å²) < 4.78 is 27.5. The molecule has 1 atom stereocenters. The lowest BCUT2D eigenvalue weighted by molar-refractivity contribution is -0.136. The zero-order chi connectivity index (χ0) is 28.0. The zero-order valence-electron chi connectivity index (χ0n) is 22.3. The Morgan fingerprint density at radius 2 is 1.77 bits per heavy atom. The summed E-state index contributed by atoms with van der Waals surface area (Å²) in [5, 5.41) is 8.31. The number of nitrogen functional groups attached to an aromatic ring is 1. The number of carbonyl (C=O) groups excluding carboxylic acids is 1. The number of carbonyl (C=O) groups is 1. The number of halogens is 1. The number of sulfone groups is 1. The summed E-state index contributed by atoms with van der Waals surface area (Å²) in [6, 6.07) is 21.2. The van der Waals surface area contributed by atoms with Crippen LogP contribution in [0.1, 0.15) is 43.7 Å². The van der Waals surface area contributed by atoms with Gasteiger partial charge < -0.3 is 10.6 Å². The molecular weight excluding hydrogens is 530 g/mol. The van der Waals surface area contributed by atoms with E-state index >= 15 is 0 Å². The summed E-state index contributed by atoms with van der Waals surface area (Å²) in [6.07, 6.45) is 4.41. The van der Waals surface area contributed by atoms with Crippen LogP contribution in [0.2, 0.25) is 5.02 Å². The molecule has 1 aliphatic rings. The van der Waals surface area contributed by atoms with Crippen LogP contribution in [-0.2, 0) is 21.1 Å². The molecule has 0 bridgehead atoms. The van der Waals surface area contributed by atoms with E-state index in [4.69, 9.17) is 22.7 Å². The van der Waals surface area contributed by atoms with Crippen molar-refractivity contribution in [2.75, 3.05) is 18.8 Å². The van der Waals surface area contributed by atoms with Gasteiger partial charge in [0.2, 0.25) is 5.91 Å². The van der Waals surface area contributed by atoms with Crippen LogP contribution in [0.25, 0.3) is 11.1 Å². The molecule has 8 heteroatoms. The van der Waals surface area contributed by atoms with Crippen LogP contribution < -0.4 is 5.73 Å². The van der Waals surface area contributed by atoms with Gasteiger partial charge in [0.05, 0.1) is 16.6 Å². The van der Waals surface area contributed by atoms with E-state index in [1.807, 2.05) is 35.2 Å². The third kappa shape index (κ3) is 7.28. The summed E-state index contributed by atoms with van der Waals surface area (Å²) in [4.78, 5) is 15.8. The van der Waals surface area contributed by atoms with E-state index < -0.39 is 15.8 Å². The Morgan fingerprint density at radius 1 is 1.05 bits per heavy atom. The first kappa shape index (κ1) is 28.8. The second-order valence-corrected chi connectivity index (χ2v) is 12.8. The van der Waals surface area contributed by atoms with Crippen molar-refractivity contribution in [3.8, 4) is 11.1 Å². The van der Waals surface area contributed by atoms with Crippen LogP contribution in [-0.4, -0.2) is 43.9 Å². The fraction of sp³-hybridized carbons (Fsp3) is 0.355. The molecule has 1 saturated heterocycles. The highest BCUT2D eigenvalue weighted by molar-refractivity contribution is 7.91. The molecular formula is C31H36ClN3O3S. The molecule has 206 valence electrons. The number of amidine groups is 1. The number of benzene rings is 3. The topological polar surface area (TPSA) is 104 Å². The third-order valence-electron chi connectivity index (χ3n) is 7.49. The standard InChI is InChI=1S/C31H36ClN3O3S/c1-2-7-22-14-16-35(17-15-22)31(36)26(19-23-8-5-10-25(18-23)30(33)34)21-39(37,38)27-11-6-9-24(20-27)28-12-3-4-13-29(28)32/h3-6,8-13,18,20,22,26H,2,7,14-17,19,21H2,1H3,(H3,33,34). The molecule has 1 fully saturated rings. The van der Waals surface area contributed by atoms with E-state index in [2.05, 4.69) is 6.92 Å². The average Bonchev–Trinajstić information content (AvgIpc) is 2.93. The smallest absolute Gasteiger partial charge is 0.227 e. The number of piperidine rings is 1. The molecule has 1 amide bonds. The Labute approximate surface area is 236 Å². The van der Waals surface area contributed by atoms with Gasteiger partial charge in [-0.1, -0.05) is 79.9 Å². The van der Waals surface area contributed by atoms with Gasteiger partial charge in [-0.15, -0.1) is 0 Å². The zero-order valence-corrected chi connectivity index (χ0v) is 23.8. The number of nitrogens with zero attached hydrogens (tertiary/aromatic N) is 1. The molecule has 0 aliphatic carbocycles. The maximum atomic E-state index is 13.8. The van der Waals surface area contributed by atoms with Gasteiger partial charge in [0.25, 0.3) is 0 Å². The summed E-state index contributed by atoms with van der Waals surface area (Å²) in [5.41, 5.74) is 8.47. The van der Waals surface area contributed by atoms with Crippen molar-refractivity contribution in [2.45, 2.75) is 43.9 Å². The van der Waals surface area contributed by atoms with E-state index in [1.165, 1.54) is 0 Å². The van der Waals surface area contributed by atoms with E-state index in [1.54, 1.807) is 42.5 Å². The molecule has 1 unspecified atom stereocenters. The summed E-state index contributed by atoms with van der Waals surface area (Å²) >= 11 is 6.37. The maximum Gasteiger partial charge on any atom is 0.227 e. The SMILES string of the molecule is CCCC1CCN(C(=O)C(Cc2cccc(C(=N)N)c2)CS(=O)(=O)c2cccc(-c3ccccc3Cl)c2)CC1. The number of hydrogen-bond acceptors (Lipinski definition) is 4. The minimum Gasteiger partial charge on any atom is -0.384 e. The predicted octanol–water partition coefficient (Wildman–Crippen LogP) is 5.96. The number of rotatable bonds is 10. The molecule has 3 N–H and O–H groups in total. The van der Waals surface area contributed by atoms with Gasteiger partial charge in [0, 0.05) is 29.2 Å². The van der Waals surface area contributed by atoms with Crippen molar-refractivity contribution < 1.29 is 13.2 Å². The Bertz CT molecular complexity index is 1430. The van der Waals surface area contributed by atoms with E-state index in [0.29, 0.717) is 35.2 Å². The molecule has 6 nitrogen and oxygen atoms in total.